The van der Waals surface area contributed by atoms with Crippen LogP contribution in [0.5, 0.6) is 0 Å². The molecule has 0 unspecified atom stereocenters. The van der Waals surface area contributed by atoms with Gasteiger partial charge in [0.25, 0.3) is 0 Å². The molecule has 2 aromatic rings. The molecule has 0 aliphatic rings. The molecule has 0 saturated heterocycles. The molecule has 2 aromatic carbocycles. The third kappa shape index (κ3) is 6.84. The van der Waals surface area contributed by atoms with Gasteiger partial charge in [-0.05, 0) is 11.1 Å². The van der Waals surface area contributed by atoms with E-state index in [0.717, 1.165) is 26.2 Å². The van der Waals surface area contributed by atoms with Gasteiger partial charge in [0.2, 0.25) is 0 Å². The Balaban J connectivity index is 2.07. The number of benzene rings is 2. The largest absolute Gasteiger partial charge is 0.319 e. The normalized spacial score (nSPS) is 12.8. The molecule has 26 heavy (non-hydrogen) atoms. The van der Waals surface area contributed by atoms with Crippen LogP contribution in [0.2, 0.25) is 39.3 Å². The molecule has 0 spiro atoms. The average Bonchev–Trinajstić information content (AvgIpc) is 2.57. The highest BCUT2D eigenvalue weighted by Crippen LogP contribution is 2.18. The molecule has 0 saturated carbocycles. The lowest BCUT2D eigenvalue weighted by Gasteiger charge is -2.39. The van der Waals surface area contributed by atoms with Crippen molar-refractivity contribution in [3.05, 3.63) is 71.8 Å². The van der Waals surface area contributed by atoms with E-state index in [1.54, 1.807) is 0 Å². The topological polar surface area (TPSA) is 6.48 Å². The summed E-state index contributed by atoms with van der Waals surface area (Å²) >= 11 is 0. The van der Waals surface area contributed by atoms with E-state index >= 15 is 0 Å². The van der Waals surface area contributed by atoms with E-state index in [9.17, 15) is 0 Å². The molecule has 0 aliphatic carbocycles. The van der Waals surface area contributed by atoms with Crippen LogP contribution < -0.4 is 0 Å². The zero-order chi connectivity index (χ0) is 19.2. The molecule has 2 rings (SSSR count). The molecular weight excluding hydrogens is 348 g/mol. The Morgan fingerprint density at radius 2 is 0.846 bits per heavy atom. The van der Waals surface area contributed by atoms with Crippen molar-refractivity contribution in [3.63, 3.8) is 0 Å². The predicted octanol–water partition coefficient (Wildman–Crippen LogP) is 5.66. The molecule has 2 nitrogen and oxygen atoms in total. The van der Waals surface area contributed by atoms with E-state index in [0.29, 0.717) is 0 Å². The van der Waals surface area contributed by atoms with Gasteiger partial charge in [0.15, 0.2) is 0 Å². The summed E-state index contributed by atoms with van der Waals surface area (Å²) in [7, 11) is -2.73. The molecule has 0 aromatic heterocycles. The van der Waals surface area contributed by atoms with Gasteiger partial charge in [-0.3, -0.25) is 0 Å². The second kappa shape index (κ2) is 9.13. The first-order valence-corrected chi connectivity index (χ1v) is 16.6. The van der Waals surface area contributed by atoms with Gasteiger partial charge in [0, 0.05) is 26.2 Å². The van der Waals surface area contributed by atoms with Crippen molar-refractivity contribution < 1.29 is 0 Å². The molecule has 0 amide bonds. The molecule has 0 N–H and O–H groups in total. The SMILES string of the molecule is C[Si](C)(C)N(CCN(Cc1ccccc1)[Si](C)(C)C)Cc1ccccc1. The van der Waals surface area contributed by atoms with Crippen LogP contribution >= 0.6 is 0 Å². The van der Waals surface area contributed by atoms with Crippen LogP contribution in [0.25, 0.3) is 0 Å². The molecule has 0 radical (unpaired) electrons. The van der Waals surface area contributed by atoms with Crippen molar-refractivity contribution in [3.8, 4) is 0 Å². The number of rotatable bonds is 9. The summed E-state index contributed by atoms with van der Waals surface area (Å²) < 4.78 is 5.50. The number of hydrogen-bond acceptors (Lipinski definition) is 2. The summed E-state index contributed by atoms with van der Waals surface area (Å²) in [6.07, 6.45) is 0. The highest BCUT2D eigenvalue weighted by atomic mass is 28.3. The lowest BCUT2D eigenvalue weighted by atomic mass is 10.2. The van der Waals surface area contributed by atoms with Crippen LogP contribution in [0.1, 0.15) is 11.1 Å². The van der Waals surface area contributed by atoms with E-state index in [1.807, 2.05) is 0 Å². The Morgan fingerprint density at radius 1 is 0.538 bits per heavy atom. The van der Waals surface area contributed by atoms with Gasteiger partial charge in [0.05, 0.1) is 0 Å². The highest BCUT2D eigenvalue weighted by molar-refractivity contribution is 6.73. The van der Waals surface area contributed by atoms with Crippen LogP contribution in [0.15, 0.2) is 60.7 Å². The first-order valence-electron chi connectivity index (χ1n) is 9.74. The summed E-state index contributed by atoms with van der Waals surface area (Å²) in [5.41, 5.74) is 2.86. The summed E-state index contributed by atoms with van der Waals surface area (Å²) in [5.74, 6) is 0. The van der Waals surface area contributed by atoms with Gasteiger partial charge in [-0.25, -0.2) is 0 Å². The number of hydrogen-bond donors (Lipinski definition) is 0. The third-order valence-electron chi connectivity index (χ3n) is 4.97. The monoisotopic (exact) mass is 384 g/mol. The molecule has 4 heteroatoms. The molecule has 0 atom stereocenters. The van der Waals surface area contributed by atoms with Gasteiger partial charge in [-0.1, -0.05) is 99.9 Å². The lowest BCUT2D eigenvalue weighted by molar-refractivity contribution is 0.334. The van der Waals surface area contributed by atoms with Crippen LogP contribution in [-0.2, 0) is 13.1 Å². The second-order valence-corrected chi connectivity index (χ2v) is 19.1. The molecule has 142 valence electrons. The fourth-order valence-corrected chi connectivity index (χ4v) is 6.01. The van der Waals surface area contributed by atoms with Crippen molar-refractivity contribution in [2.75, 3.05) is 13.1 Å². The standard InChI is InChI=1S/C22H36N2Si2/c1-25(2,3)23(19-21-13-9-7-10-14-21)17-18-24(26(4,5)6)20-22-15-11-8-12-16-22/h7-16H,17-20H2,1-6H3. The zero-order valence-corrected chi connectivity index (χ0v) is 19.5. The zero-order valence-electron chi connectivity index (χ0n) is 17.5. The van der Waals surface area contributed by atoms with Crippen molar-refractivity contribution in [1.82, 2.24) is 9.13 Å². The highest BCUT2D eigenvalue weighted by Gasteiger charge is 2.28. The van der Waals surface area contributed by atoms with Crippen molar-refractivity contribution in [2.24, 2.45) is 0 Å². The Bertz CT molecular complexity index is 586. The van der Waals surface area contributed by atoms with E-state index in [-0.39, 0.29) is 0 Å². The van der Waals surface area contributed by atoms with Crippen LogP contribution in [0.3, 0.4) is 0 Å². The van der Waals surface area contributed by atoms with Crippen LogP contribution in [0, 0.1) is 0 Å². The van der Waals surface area contributed by atoms with Crippen LogP contribution in [-0.4, -0.2) is 38.7 Å². The molecule has 0 bridgehead atoms. The quantitative estimate of drug-likeness (QED) is 0.515. The third-order valence-corrected chi connectivity index (χ3v) is 9.53. The maximum Gasteiger partial charge on any atom is 0.119 e. The predicted molar refractivity (Wildman–Crippen MR) is 120 cm³/mol. The Labute approximate surface area is 163 Å². The maximum absolute atomic E-state index is 2.75. The Kier molecular flexibility index (Phi) is 7.41. The Morgan fingerprint density at radius 3 is 1.12 bits per heavy atom. The average molecular weight is 385 g/mol. The summed E-state index contributed by atoms with van der Waals surface area (Å²) in [4.78, 5) is 0. The van der Waals surface area contributed by atoms with Crippen molar-refractivity contribution >= 4 is 16.5 Å². The van der Waals surface area contributed by atoms with Crippen molar-refractivity contribution in [2.45, 2.75) is 52.4 Å². The summed E-state index contributed by atoms with van der Waals surface area (Å²) in [6.45, 7) is 19.2. The van der Waals surface area contributed by atoms with E-state index in [2.05, 4.69) is 109 Å². The van der Waals surface area contributed by atoms with E-state index in [4.69, 9.17) is 0 Å². The van der Waals surface area contributed by atoms with Gasteiger partial charge in [-0.2, -0.15) is 0 Å². The fourth-order valence-electron chi connectivity index (χ4n) is 3.15. The minimum Gasteiger partial charge on any atom is -0.319 e. The Hall–Kier alpha value is -1.21. The van der Waals surface area contributed by atoms with Gasteiger partial charge in [0.1, 0.15) is 16.5 Å². The molecule has 0 fully saturated rings. The molecule has 0 heterocycles. The maximum atomic E-state index is 2.75. The van der Waals surface area contributed by atoms with Crippen LogP contribution in [0.4, 0.5) is 0 Å². The van der Waals surface area contributed by atoms with Gasteiger partial charge >= 0.3 is 0 Å². The summed E-state index contributed by atoms with van der Waals surface area (Å²) in [6, 6.07) is 21.9. The number of nitrogens with zero attached hydrogens (tertiary/aromatic N) is 2. The minimum atomic E-state index is -1.37. The first-order chi connectivity index (χ1) is 12.2. The molecule has 0 aliphatic heterocycles. The van der Waals surface area contributed by atoms with E-state index in [1.165, 1.54) is 11.1 Å². The minimum absolute atomic E-state index is 1.07. The van der Waals surface area contributed by atoms with Crippen molar-refractivity contribution in [1.29, 1.82) is 0 Å². The molecular formula is C22H36N2Si2. The lowest BCUT2D eigenvalue weighted by Crippen LogP contribution is -2.53. The fraction of sp³-hybridized carbons (Fsp3) is 0.455. The second-order valence-electron chi connectivity index (χ2n) is 9.16. The van der Waals surface area contributed by atoms with Gasteiger partial charge in [-0.15, -0.1) is 0 Å². The van der Waals surface area contributed by atoms with E-state index < -0.39 is 16.5 Å². The summed E-state index contributed by atoms with van der Waals surface area (Å²) in [5, 5.41) is 0. The smallest absolute Gasteiger partial charge is 0.119 e. The first kappa shape index (κ1) is 21.1. The van der Waals surface area contributed by atoms with Gasteiger partial charge < -0.3 is 9.13 Å².